The largest absolute Gasteiger partial charge is 0.395 e. The summed E-state index contributed by atoms with van der Waals surface area (Å²) >= 11 is 0. The van der Waals surface area contributed by atoms with Crippen LogP contribution in [-0.2, 0) is 0 Å². The molecule has 0 fully saturated rings. The summed E-state index contributed by atoms with van der Waals surface area (Å²) in [5.41, 5.74) is 7.18. The maximum absolute atomic E-state index is 9.85. The minimum atomic E-state index is 0.204. The topological polar surface area (TPSA) is 23.5 Å². The highest BCUT2D eigenvalue weighted by atomic mass is 16.3. The molecule has 0 aliphatic carbocycles. The summed E-state index contributed by atoms with van der Waals surface area (Å²) in [6.07, 6.45) is 20.5. The van der Waals surface area contributed by atoms with Crippen LogP contribution in [0.25, 0.3) is 0 Å². The molecule has 178 valence electrons. The molecule has 0 radical (unpaired) electrons. The summed E-state index contributed by atoms with van der Waals surface area (Å²) in [7, 11) is 2.13. The molecular weight excluding hydrogens is 378 g/mol. The summed E-state index contributed by atoms with van der Waals surface area (Å²) in [6, 6.07) is 0.204. The van der Waals surface area contributed by atoms with Crippen LogP contribution in [0.1, 0.15) is 99.8 Å². The first-order chi connectivity index (χ1) is 14.6. The van der Waals surface area contributed by atoms with Gasteiger partial charge in [-0.2, -0.15) is 0 Å². The Balaban J connectivity index is 4.34. The van der Waals surface area contributed by atoms with Crippen molar-refractivity contribution >= 4 is 0 Å². The predicted octanol–water partition coefficient (Wildman–Crippen LogP) is 8.17. The zero-order valence-electron chi connectivity index (χ0n) is 21.9. The van der Waals surface area contributed by atoms with Crippen molar-refractivity contribution in [3.63, 3.8) is 0 Å². The van der Waals surface area contributed by atoms with E-state index in [1.54, 1.807) is 0 Å². The molecule has 0 aliphatic rings. The molecule has 2 nitrogen and oxygen atoms in total. The van der Waals surface area contributed by atoms with E-state index < -0.39 is 0 Å². The fourth-order valence-corrected chi connectivity index (χ4v) is 3.46. The first kappa shape index (κ1) is 29.6. The summed E-state index contributed by atoms with van der Waals surface area (Å²) < 4.78 is 0. The second-order valence-corrected chi connectivity index (χ2v) is 9.67. The molecule has 0 aromatic heterocycles. The van der Waals surface area contributed by atoms with Crippen molar-refractivity contribution < 1.29 is 5.11 Å². The van der Waals surface area contributed by atoms with E-state index in [1.807, 2.05) is 0 Å². The number of nitrogens with zero attached hydrogens (tertiary/aromatic N) is 1. The number of allylic oxidation sites excluding steroid dienone is 8. The molecule has 0 rings (SSSR count). The third-order valence-electron chi connectivity index (χ3n) is 5.76. The molecule has 0 spiro atoms. The maximum Gasteiger partial charge on any atom is 0.0589 e. The molecule has 0 aromatic carbocycles. The van der Waals surface area contributed by atoms with Gasteiger partial charge in [0, 0.05) is 12.6 Å². The summed E-state index contributed by atoms with van der Waals surface area (Å²) in [6.45, 7) is 16.5. The minimum absolute atomic E-state index is 0.204. The Hall–Kier alpha value is -1.38. The Bertz CT molecular complexity index is 625. The van der Waals surface area contributed by atoms with Crippen LogP contribution in [0.15, 0.2) is 58.2 Å². The lowest BCUT2D eigenvalue weighted by Crippen LogP contribution is -2.35. The molecule has 0 amide bonds. The molecular formula is C29H51NO. The lowest BCUT2D eigenvalue weighted by atomic mass is 10.0. The average molecular weight is 430 g/mol. The molecule has 0 bridgehead atoms. The van der Waals surface area contributed by atoms with Crippen LogP contribution in [-0.4, -0.2) is 36.2 Å². The van der Waals surface area contributed by atoms with Gasteiger partial charge in [0.25, 0.3) is 0 Å². The van der Waals surface area contributed by atoms with E-state index in [1.165, 1.54) is 27.9 Å². The second kappa shape index (κ2) is 18.2. The van der Waals surface area contributed by atoms with Gasteiger partial charge in [-0.15, -0.1) is 0 Å². The summed E-state index contributed by atoms with van der Waals surface area (Å²) in [4.78, 5) is 2.30. The lowest BCUT2D eigenvalue weighted by Gasteiger charge is -2.25. The minimum Gasteiger partial charge on any atom is -0.395 e. The van der Waals surface area contributed by atoms with Crippen LogP contribution < -0.4 is 0 Å². The van der Waals surface area contributed by atoms with Gasteiger partial charge in [-0.1, -0.05) is 58.2 Å². The third kappa shape index (κ3) is 17.9. The average Bonchev–Trinajstić information content (AvgIpc) is 2.67. The zero-order valence-corrected chi connectivity index (χ0v) is 21.9. The van der Waals surface area contributed by atoms with Gasteiger partial charge in [-0.05, 0) is 107 Å². The maximum atomic E-state index is 9.85. The van der Waals surface area contributed by atoms with E-state index in [9.17, 15) is 5.11 Å². The molecule has 1 N–H and O–H groups in total. The van der Waals surface area contributed by atoms with Crippen molar-refractivity contribution in [2.75, 3.05) is 20.2 Å². The number of hydrogen-bond acceptors (Lipinski definition) is 2. The van der Waals surface area contributed by atoms with Crippen LogP contribution in [0.3, 0.4) is 0 Å². The first-order valence-corrected chi connectivity index (χ1v) is 12.2. The van der Waals surface area contributed by atoms with Gasteiger partial charge in [0.05, 0.1) is 6.61 Å². The summed E-state index contributed by atoms with van der Waals surface area (Å²) in [5.74, 6) is 0. The smallest absolute Gasteiger partial charge is 0.0589 e. The van der Waals surface area contributed by atoms with Crippen molar-refractivity contribution in [3.8, 4) is 0 Å². The second-order valence-electron chi connectivity index (χ2n) is 9.67. The van der Waals surface area contributed by atoms with Crippen molar-refractivity contribution in [1.82, 2.24) is 4.90 Å². The molecule has 31 heavy (non-hydrogen) atoms. The molecule has 2 heteroatoms. The highest BCUT2D eigenvalue weighted by Crippen LogP contribution is 2.14. The fraction of sp³-hybridized carbons (Fsp3) is 0.655. The van der Waals surface area contributed by atoms with E-state index in [4.69, 9.17) is 0 Å². The highest BCUT2D eigenvalue weighted by molar-refractivity contribution is 5.06. The van der Waals surface area contributed by atoms with Crippen molar-refractivity contribution in [1.29, 1.82) is 0 Å². The first-order valence-electron chi connectivity index (χ1n) is 12.2. The Labute approximate surface area is 194 Å². The van der Waals surface area contributed by atoms with Gasteiger partial charge < -0.3 is 10.0 Å². The van der Waals surface area contributed by atoms with Crippen molar-refractivity contribution in [3.05, 3.63) is 58.2 Å². The van der Waals surface area contributed by atoms with E-state index in [-0.39, 0.29) is 12.6 Å². The van der Waals surface area contributed by atoms with E-state index in [0.29, 0.717) is 0 Å². The quantitative estimate of drug-likeness (QED) is 0.250. The SMILES string of the molecule is CC(C)=CCC/C(C)=C/CC/C(C)=C/CC(CO)N(C)CC/C=C(\C)CCC=C(C)C. The van der Waals surface area contributed by atoms with Crippen molar-refractivity contribution in [2.24, 2.45) is 0 Å². The fourth-order valence-electron chi connectivity index (χ4n) is 3.46. The number of aliphatic hydroxyl groups excluding tert-OH is 1. The van der Waals surface area contributed by atoms with Crippen LogP contribution in [0.4, 0.5) is 0 Å². The van der Waals surface area contributed by atoms with Crippen LogP contribution in [0, 0.1) is 0 Å². The van der Waals surface area contributed by atoms with Crippen molar-refractivity contribution in [2.45, 2.75) is 106 Å². The van der Waals surface area contributed by atoms with Crippen LogP contribution >= 0.6 is 0 Å². The molecule has 0 aliphatic heterocycles. The Morgan fingerprint density at radius 1 is 0.645 bits per heavy atom. The normalized spacial score (nSPS) is 14.1. The molecule has 0 heterocycles. The Kier molecular flexibility index (Phi) is 17.4. The molecule has 1 atom stereocenters. The number of likely N-dealkylation sites (N-methyl/N-ethyl adjacent to an activating group) is 1. The molecule has 1 unspecified atom stereocenters. The van der Waals surface area contributed by atoms with E-state index in [2.05, 4.69) is 90.8 Å². The highest BCUT2D eigenvalue weighted by Gasteiger charge is 2.11. The van der Waals surface area contributed by atoms with Gasteiger partial charge in [0.1, 0.15) is 0 Å². The predicted molar refractivity (Wildman–Crippen MR) is 141 cm³/mol. The van der Waals surface area contributed by atoms with Crippen LogP contribution in [0.2, 0.25) is 0 Å². The summed E-state index contributed by atoms with van der Waals surface area (Å²) in [5, 5.41) is 9.85. The Morgan fingerprint density at radius 3 is 1.52 bits per heavy atom. The van der Waals surface area contributed by atoms with Gasteiger partial charge in [-0.25, -0.2) is 0 Å². The van der Waals surface area contributed by atoms with Gasteiger partial charge in [0.2, 0.25) is 0 Å². The number of rotatable bonds is 16. The molecule has 0 saturated heterocycles. The van der Waals surface area contributed by atoms with Gasteiger partial charge in [0.15, 0.2) is 0 Å². The third-order valence-corrected chi connectivity index (χ3v) is 5.76. The zero-order chi connectivity index (χ0) is 23.6. The monoisotopic (exact) mass is 429 g/mol. The number of aliphatic hydroxyl groups is 1. The Morgan fingerprint density at radius 2 is 1.06 bits per heavy atom. The lowest BCUT2D eigenvalue weighted by molar-refractivity contribution is 0.150. The molecule has 0 aromatic rings. The number of hydrogen-bond donors (Lipinski definition) is 1. The van der Waals surface area contributed by atoms with Gasteiger partial charge >= 0.3 is 0 Å². The van der Waals surface area contributed by atoms with E-state index >= 15 is 0 Å². The van der Waals surface area contributed by atoms with E-state index in [0.717, 1.165) is 57.9 Å². The van der Waals surface area contributed by atoms with Gasteiger partial charge in [-0.3, -0.25) is 0 Å². The van der Waals surface area contributed by atoms with Crippen LogP contribution in [0.5, 0.6) is 0 Å². The standard InChI is InChI=1S/C29H51NO/c1-24(2)13-9-15-26(5)17-11-18-28(7)20-21-29(23-31)30(8)22-12-19-27(6)16-10-14-25(3)4/h13-14,17,19-20,29,31H,9-12,15-16,18,21-23H2,1-8H3/b26-17+,27-19+,28-20+. The molecule has 0 saturated carbocycles.